The molecule has 3 heterocycles. The van der Waals surface area contributed by atoms with E-state index in [1.54, 1.807) is 0 Å². The molecule has 4 rings (SSSR count). The zero-order valence-electron chi connectivity index (χ0n) is 13.4. The van der Waals surface area contributed by atoms with Crippen molar-refractivity contribution in [2.24, 2.45) is 5.92 Å². The van der Waals surface area contributed by atoms with Crippen molar-refractivity contribution < 1.29 is 14.7 Å². The molecule has 1 amide bonds. The number of piperidine rings is 1. The summed E-state index contributed by atoms with van der Waals surface area (Å²) in [5, 5.41) is 13.6. The summed E-state index contributed by atoms with van der Waals surface area (Å²) < 4.78 is 0. The Hall–Kier alpha value is -2.34. The van der Waals surface area contributed by atoms with Crippen molar-refractivity contribution in [2.45, 2.75) is 31.3 Å². The van der Waals surface area contributed by atoms with Gasteiger partial charge in [-0.25, -0.2) is 0 Å². The van der Waals surface area contributed by atoms with E-state index in [2.05, 4.69) is 39.5 Å². The number of fused-ring (bicyclic) bond motifs is 1. The molecule has 0 saturated carbocycles. The normalized spacial score (nSPS) is 23.7. The first-order valence-corrected chi connectivity index (χ1v) is 8.38. The van der Waals surface area contributed by atoms with E-state index < -0.39 is 17.4 Å². The standard InChI is InChI=1S/C18H21N3O3/c22-16-10-14(17(23)24)18(20-16)4-7-21(8-5-18)11-12-1-2-15-13(9-12)3-6-19-15/h1-3,6,9,14,19H,4-5,7-8,10-11H2,(H,20,22)(H,23,24)/t14-/m1/s1. The summed E-state index contributed by atoms with van der Waals surface area (Å²) in [5.74, 6) is -1.59. The van der Waals surface area contributed by atoms with E-state index in [1.165, 1.54) is 10.9 Å². The fourth-order valence-corrected chi connectivity index (χ4v) is 4.16. The summed E-state index contributed by atoms with van der Waals surface area (Å²) in [6.45, 7) is 2.45. The lowest BCUT2D eigenvalue weighted by Crippen LogP contribution is -2.55. The van der Waals surface area contributed by atoms with Crippen molar-refractivity contribution in [3.63, 3.8) is 0 Å². The fourth-order valence-electron chi connectivity index (χ4n) is 4.16. The predicted molar refractivity (Wildman–Crippen MR) is 89.4 cm³/mol. The molecular formula is C18H21N3O3. The van der Waals surface area contributed by atoms with Crippen LogP contribution in [0.25, 0.3) is 10.9 Å². The van der Waals surface area contributed by atoms with Gasteiger partial charge < -0.3 is 15.4 Å². The molecule has 2 saturated heterocycles. The number of aromatic nitrogens is 1. The lowest BCUT2D eigenvalue weighted by molar-refractivity contribution is -0.144. The molecule has 1 spiro atoms. The van der Waals surface area contributed by atoms with E-state index in [4.69, 9.17) is 0 Å². The number of carboxylic acid groups (broad SMARTS) is 1. The van der Waals surface area contributed by atoms with Crippen molar-refractivity contribution in [3.8, 4) is 0 Å². The number of benzene rings is 1. The number of carboxylic acids is 1. The smallest absolute Gasteiger partial charge is 0.309 e. The van der Waals surface area contributed by atoms with Crippen LogP contribution >= 0.6 is 0 Å². The molecule has 1 atom stereocenters. The third-order valence-electron chi connectivity index (χ3n) is 5.52. The predicted octanol–water partition coefficient (Wildman–Crippen LogP) is 1.72. The highest BCUT2D eigenvalue weighted by Gasteiger charge is 2.51. The van der Waals surface area contributed by atoms with Crippen molar-refractivity contribution in [1.82, 2.24) is 15.2 Å². The summed E-state index contributed by atoms with van der Waals surface area (Å²) in [7, 11) is 0. The number of hydrogen-bond acceptors (Lipinski definition) is 3. The van der Waals surface area contributed by atoms with Gasteiger partial charge in [-0.3, -0.25) is 14.5 Å². The van der Waals surface area contributed by atoms with Crippen molar-refractivity contribution in [2.75, 3.05) is 13.1 Å². The third-order valence-corrected chi connectivity index (χ3v) is 5.52. The third kappa shape index (κ3) is 2.57. The van der Waals surface area contributed by atoms with Crippen LogP contribution in [0.3, 0.4) is 0 Å². The van der Waals surface area contributed by atoms with Gasteiger partial charge in [-0.1, -0.05) is 6.07 Å². The highest BCUT2D eigenvalue weighted by atomic mass is 16.4. The Labute approximate surface area is 139 Å². The SMILES string of the molecule is O=C1C[C@H](C(=O)O)C2(CCN(Cc3ccc4[nH]ccc4c3)CC2)N1. The molecule has 0 radical (unpaired) electrons. The molecule has 3 N–H and O–H groups in total. The highest BCUT2D eigenvalue weighted by molar-refractivity contribution is 5.88. The molecule has 2 aliphatic rings. The van der Waals surface area contributed by atoms with E-state index in [0.717, 1.165) is 25.2 Å². The quantitative estimate of drug-likeness (QED) is 0.801. The zero-order chi connectivity index (χ0) is 16.7. The van der Waals surface area contributed by atoms with Crippen LogP contribution in [-0.4, -0.2) is 45.5 Å². The molecule has 2 aliphatic heterocycles. The second kappa shape index (κ2) is 5.63. The minimum absolute atomic E-state index is 0.111. The first-order valence-electron chi connectivity index (χ1n) is 8.38. The van der Waals surface area contributed by atoms with Crippen LogP contribution in [0.5, 0.6) is 0 Å². The average Bonchev–Trinajstić information content (AvgIpc) is 3.14. The van der Waals surface area contributed by atoms with Crippen LogP contribution < -0.4 is 5.32 Å². The van der Waals surface area contributed by atoms with Crippen molar-refractivity contribution in [1.29, 1.82) is 0 Å². The molecule has 1 aromatic carbocycles. The monoisotopic (exact) mass is 327 g/mol. The maximum atomic E-state index is 11.7. The van der Waals surface area contributed by atoms with Gasteiger partial charge in [0.25, 0.3) is 0 Å². The summed E-state index contributed by atoms with van der Waals surface area (Å²) in [4.78, 5) is 28.7. The molecule has 126 valence electrons. The van der Waals surface area contributed by atoms with Crippen LogP contribution in [0.4, 0.5) is 0 Å². The van der Waals surface area contributed by atoms with Gasteiger partial charge in [-0.15, -0.1) is 0 Å². The largest absolute Gasteiger partial charge is 0.481 e. The lowest BCUT2D eigenvalue weighted by Gasteiger charge is -2.41. The van der Waals surface area contributed by atoms with E-state index in [-0.39, 0.29) is 12.3 Å². The van der Waals surface area contributed by atoms with Gasteiger partial charge in [0.05, 0.1) is 11.5 Å². The molecule has 2 fully saturated rings. The summed E-state index contributed by atoms with van der Waals surface area (Å²) in [6, 6.07) is 8.47. The Balaban J connectivity index is 1.44. The molecule has 0 bridgehead atoms. The van der Waals surface area contributed by atoms with Gasteiger partial charge >= 0.3 is 5.97 Å². The molecule has 1 aromatic heterocycles. The number of nitrogens with zero attached hydrogens (tertiary/aromatic N) is 1. The van der Waals surface area contributed by atoms with Crippen molar-refractivity contribution in [3.05, 3.63) is 36.0 Å². The number of rotatable bonds is 3. The van der Waals surface area contributed by atoms with Crippen LogP contribution in [-0.2, 0) is 16.1 Å². The molecule has 6 nitrogen and oxygen atoms in total. The summed E-state index contributed by atoms with van der Waals surface area (Å²) in [5.41, 5.74) is 1.84. The van der Waals surface area contributed by atoms with Gasteiger partial charge in [0.2, 0.25) is 5.91 Å². The Morgan fingerprint density at radius 1 is 1.29 bits per heavy atom. The van der Waals surface area contributed by atoms with E-state index >= 15 is 0 Å². The summed E-state index contributed by atoms with van der Waals surface area (Å²) in [6.07, 6.45) is 3.44. The molecule has 0 aliphatic carbocycles. The Morgan fingerprint density at radius 3 is 2.83 bits per heavy atom. The van der Waals surface area contributed by atoms with Crippen molar-refractivity contribution >= 4 is 22.8 Å². The van der Waals surface area contributed by atoms with E-state index in [9.17, 15) is 14.7 Å². The highest BCUT2D eigenvalue weighted by Crippen LogP contribution is 2.37. The van der Waals surface area contributed by atoms with Gasteiger partial charge in [0.1, 0.15) is 0 Å². The number of carbonyl (C=O) groups excluding carboxylic acids is 1. The molecular weight excluding hydrogens is 306 g/mol. The minimum atomic E-state index is -0.861. The zero-order valence-corrected chi connectivity index (χ0v) is 13.4. The van der Waals surface area contributed by atoms with E-state index in [1.807, 2.05) is 6.20 Å². The van der Waals surface area contributed by atoms with Gasteiger partial charge in [-0.2, -0.15) is 0 Å². The van der Waals surface area contributed by atoms with Gasteiger partial charge in [0.15, 0.2) is 0 Å². The minimum Gasteiger partial charge on any atom is -0.481 e. The van der Waals surface area contributed by atoms with Gasteiger partial charge in [0, 0.05) is 37.8 Å². The number of amides is 1. The molecule has 24 heavy (non-hydrogen) atoms. The van der Waals surface area contributed by atoms with Gasteiger partial charge in [-0.05, 0) is 42.0 Å². The van der Waals surface area contributed by atoms with Crippen LogP contribution in [0.1, 0.15) is 24.8 Å². The molecule has 2 aromatic rings. The summed E-state index contributed by atoms with van der Waals surface area (Å²) >= 11 is 0. The number of likely N-dealkylation sites (tertiary alicyclic amines) is 1. The number of aromatic amines is 1. The number of nitrogens with one attached hydrogen (secondary N) is 2. The Kier molecular flexibility index (Phi) is 3.57. The first-order chi connectivity index (χ1) is 11.6. The Bertz CT molecular complexity index is 790. The number of aliphatic carboxylic acids is 1. The maximum absolute atomic E-state index is 11.7. The van der Waals surface area contributed by atoms with Crippen LogP contribution in [0.15, 0.2) is 30.5 Å². The molecule has 6 heteroatoms. The Morgan fingerprint density at radius 2 is 2.08 bits per heavy atom. The van der Waals surface area contributed by atoms with E-state index in [0.29, 0.717) is 12.8 Å². The second-order valence-corrected chi connectivity index (χ2v) is 6.97. The number of carbonyl (C=O) groups is 2. The number of hydrogen-bond donors (Lipinski definition) is 3. The van der Waals surface area contributed by atoms with Crippen LogP contribution in [0, 0.1) is 5.92 Å². The lowest BCUT2D eigenvalue weighted by atomic mass is 9.77. The fraction of sp³-hybridized carbons (Fsp3) is 0.444. The second-order valence-electron chi connectivity index (χ2n) is 6.97. The topological polar surface area (TPSA) is 85.4 Å². The number of H-pyrrole nitrogens is 1. The maximum Gasteiger partial charge on any atom is 0.309 e. The van der Waals surface area contributed by atoms with Crippen LogP contribution in [0.2, 0.25) is 0 Å². The average molecular weight is 327 g/mol. The first kappa shape index (κ1) is 15.2. The molecule has 0 unspecified atom stereocenters.